The van der Waals surface area contributed by atoms with E-state index >= 15 is 0 Å². The number of carbonyl (C=O) groups is 2. The number of hydrogen-bond donors (Lipinski definition) is 2. The van der Waals surface area contributed by atoms with Crippen molar-refractivity contribution in [2.24, 2.45) is 11.7 Å². The summed E-state index contributed by atoms with van der Waals surface area (Å²) in [6.07, 6.45) is 0.00536. The minimum Gasteiger partial charge on any atom is -0.368 e. The third kappa shape index (κ3) is 4.02. The Balaban J connectivity index is 2.91. The minimum absolute atomic E-state index is 0.00536. The number of amides is 2. The highest BCUT2D eigenvalue weighted by Gasteiger charge is 2.25. The molecule has 0 bridgehead atoms. The van der Waals surface area contributed by atoms with Crippen LogP contribution in [-0.2, 0) is 4.79 Å². The largest absolute Gasteiger partial charge is 0.368 e. The number of hydrogen-bond acceptors (Lipinski definition) is 3. The van der Waals surface area contributed by atoms with E-state index in [2.05, 4.69) is 5.32 Å². The molecule has 106 valence electrons. The zero-order chi connectivity index (χ0) is 15.3. The van der Waals surface area contributed by atoms with Gasteiger partial charge in [-0.3, -0.25) is 9.59 Å². The summed E-state index contributed by atoms with van der Waals surface area (Å²) >= 11 is 0. The molecule has 1 aromatic rings. The number of carbonyl (C=O) groups excluding carboxylic acids is 2. The van der Waals surface area contributed by atoms with Crippen LogP contribution >= 0.6 is 0 Å². The number of rotatable bonds is 5. The summed E-state index contributed by atoms with van der Waals surface area (Å²) in [5.41, 5.74) is 4.88. The van der Waals surface area contributed by atoms with E-state index in [1.54, 1.807) is 6.92 Å². The molecular formula is C13H13F2N3O2. The van der Waals surface area contributed by atoms with Crippen molar-refractivity contribution in [3.05, 3.63) is 35.4 Å². The molecule has 20 heavy (non-hydrogen) atoms. The van der Waals surface area contributed by atoms with E-state index in [-0.39, 0.29) is 12.0 Å². The maximum Gasteiger partial charge on any atom is 0.252 e. The molecule has 0 fully saturated rings. The fourth-order valence-electron chi connectivity index (χ4n) is 1.67. The summed E-state index contributed by atoms with van der Waals surface area (Å²) in [5, 5.41) is 10.9. The summed E-state index contributed by atoms with van der Waals surface area (Å²) in [6.45, 7) is 1.56. The number of primary amides is 1. The molecule has 1 rings (SSSR count). The van der Waals surface area contributed by atoms with Crippen molar-refractivity contribution in [1.82, 2.24) is 5.32 Å². The molecule has 2 atom stereocenters. The number of benzene rings is 1. The maximum atomic E-state index is 13.0. The zero-order valence-corrected chi connectivity index (χ0v) is 10.7. The lowest BCUT2D eigenvalue weighted by molar-refractivity contribution is -0.120. The lowest BCUT2D eigenvalue weighted by Gasteiger charge is -2.20. The third-order valence-corrected chi connectivity index (χ3v) is 2.70. The molecule has 0 radical (unpaired) electrons. The second-order valence-electron chi connectivity index (χ2n) is 4.35. The SMILES string of the molecule is C[C@@H](CC#N)[C@H](NC(=O)c1cc(F)cc(F)c1)C(N)=O. The quantitative estimate of drug-likeness (QED) is 0.845. The molecule has 0 spiro atoms. The Morgan fingerprint density at radius 1 is 1.35 bits per heavy atom. The Bertz CT molecular complexity index is 549. The van der Waals surface area contributed by atoms with E-state index < -0.39 is 35.4 Å². The Morgan fingerprint density at radius 2 is 1.90 bits per heavy atom. The van der Waals surface area contributed by atoms with Crippen LogP contribution in [0, 0.1) is 28.9 Å². The summed E-state index contributed by atoms with van der Waals surface area (Å²) < 4.78 is 26.0. The topological polar surface area (TPSA) is 96.0 Å². The lowest BCUT2D eigenvalue weighted by Crippen LogP contribution is -2.48. The Kier molecular flexibility index (Phi) is 5.15. The summed E-state index contributed by atoms with van der Waals surface area (Å²) in [4.78, 5) is 23.1. The van der Waals surface area contributed by atoms with Gasteiger partial charge >= 0.3 is 0 Å². The van der Waals surface area contributed by atoms with Crippen molar-refractivity contribution in [2.75, 3.05) is 0 Å². The molecule has 0 saturated carbocycles. The van der Waals surface area contributed by atoms with Crippen LogP contribution in [0.5, 0.6) is 0 Å². The Hall–Kier alpha value is -2.49. The van der Waals surface area contributed by atoms with E-state index in [0.29, 0.717) is 6.07 Å². The molecule has 2 amide bonds. The van der Waals surface area contributed by atoms with Gasteiger partial charge < -0.3 is 11.1 Å². The van der Waals surface area contributed by atoms with Crippen LogP contribution in [0.3, 0.4) is 0 Å². The summed E-state index contributed by atoms with van der Waals surface area (Å²) in [7, 11) is 0. The Morgan fingerprint density at radius 3 is 2.35 bits per heavy atom. The van der Waals surface area contributed by atoms with Gasteiger partial charge in [0.1, 0.15) is 17.7 Å². The van der Waals surface area contributed by atoms with Gasteiger partial charge in [-0.15, -0.1) is 0 Å². The minimum atomic E-state index is -1.09. The third-order valence-electron chi connectivity index (χ3n) is 2.70. The highest BCUT2D eigenvalue weighted by molar-refractivity contribution is 5.97. The molecule has 0 aliphatic heterocycles. The van der Waals surface area contributed by atoms with E-state index in [1.807, 2.05) is 6.07 Å². The number of halogens is 2. The molecule has 7 heteroatoms. The van der Waals surface area contributed by atoms with Crippen LogP contribution in [0.1, 0.15) is 23.7 Å². The highest BCUT2D eigenvalue weighted by Crippen LogP contribution is 2.11. The molecule has 0 saturated heterocycles. The maximum absolute atomic E-state index is 13.0. The van der Waals surface area contributed by atoms with Crippen molar-refractivity contribution >= 4 is 11.8 Å². The molecular weight excluding hydrogens is 268 g/mol. The van der Waals surface area contributed by atoms with Crippen molar-refractivity contribution in [3.63, 3.8) is 0 Å². The first-order valence-electron chi connectivity index (χ1n) is 5.78. The predicted molar refractivity (Wildman–Crippen MR) is 66.2 cm³/mol. The van der Waals surface area contributed by atoms with Gasteiger partial charge in [-0.25, -0.2) is 8.78 Å². The molecule has 0 heterocycles. The average molecular weight is 281 g/mol. The van der Waals surface area contributed by atoms with Crippen LogP contribution in [0.15, 0.2) is 18.2 Å². The van der Waals surface area contributed by atoms with Gasteiger partial charge in [0.2, 0.25) is 5.91 Å². The van der Waals surface area contributed by atoms with Crippen molar-refractivity contribution < 1.29 is 18.4 Å². The van der Waals surface area contributed by atoms with Gasteiger partial charge in [0.15, 0.2) is 0 Å². The van der Waals surface area contributed by atoms with Gasteiger partial charge in [0, 0.05) is 18.1 Å². The molecule has 0 unspecified atom stereocenters. The normalized spacial score (nSPS) is 13.1. The zero-order valence-electron chi connectivity index (χ0n) is 10.7. The summed E-state index contributed by atoms with van der Waals surface area (Å²) in [5.74, 6) is -3.98. The predicted octanol–water partition coefficient (Wildman–Crippen LogP) is 1.10. The van der Waals surface area contributed by atoms with Crippen LogP contribution in [0.25, 0.3) is 0 Å². The summed E-state index contributed by atoms with van der Waals surface area (Å²) in [6, 6.07) is 3.07. The van der Waals surface area contributed by atoms with Crippen LogP contribution in [0.2, 0.25) is 0 Å². The first-order chi connectivity index (χ1) is 9.35. The van der Waals surface area contributed by atoms with Gasteiger partial charge in [-0.1, -0.05) is 6.92 Å². The van der Waals surface area contributed by atoms with Gasteiger partial charge in [-0.05, 0) is 18.1 Å². The molecule has 0 aromatic heterocycles. The molecule has 3 N–H and O–H groups in total. The standard InChI is InChI=1S/C13H13F2N3O2/c1-7(2-3-16)11(12(17)19)18-13(20)8-4-9(14)6-10(15)5-8/h4-7,11H,2H2,1H3,(H2,17,19)(H,18,20)/t7-,11-/m0/s1. The van der Waals surface area contributed by atoms with Crippen molar-refractivity contribution in [1.29, 1.82) is 5.26 Å². The van der Waals surface area contributed by atoms with Crippen LogP contribution < -0.4 is 11.1 Å². The first-order valence-corrected chi connectivity index (χ1v) is 5.78. The van der Waals surface area contributed by atoms with Gasteiger partial charge in [0.05, 0.1) is 6.07 Å². The van der Waals surface area contributed by atoms with Gasteiger partial charge in [-0.2, -0.15) is 5.26 Å². The van der Waals surface area contributed by atoms with Crippen LogP contribution in [0.4, 0.5) is 8.78 Å². The number of nitrogens with one attached hydrogen (secondary N) is 1. The number of nitrogens with zero attached hydrogens (tertiary/aromatic N) is 1. The number of nitrogens with two attached hydrogens (primary N) is 1. The molecule has 1 aromatic carbocycles. The smallest absolute Gasteiger partial charge is 0.252 e. The first kappa shape index (κ1) is 15.6. The second kappa shape index (κ2) is 6.61. The van der Waals surface area contributed by atoms with E-state index in [9.17, 15) is 18.4 Å². The molecule has 5 nitrogen and oxygen atoms in total. The molecule has 0 aliphatic carbocycles. The fourth-order valence-corrected chi connectivity index (χ4v) is 1.67. The van der Waals surface area contributed by atoms with Crippen molar-refractivity contribution in [3.8, 4) is 6.07 Å². The highest BCUT2D eigenvalue weighted by atomic mass is 19.1. The average Bonchev–Trinajstić information content (AvgIpc) is 2.34. The van der Waals surface area contributed by atoms with Crippen LogP contribution in [-0.4, -0.2) is 17.9 Å². The van der Waals surface area contributed by atoms with E-state index in [4.69, 9.17) is 11.0 Å². The lowest BCUT2D eigenvalue weighted by atomic mass is 9.98. The second-order valence-corrected chi connectivity index (χ2v) is 4.35. The Labute approximate surface area is 114 Å². The monoisotopic (exact) mass is 281 g/mol. The van der Waals surface area contributed by atoms with Gasteiger partial charge in [0.25, 0.3) is 5.91 Å². The van der Waals surface area contributed by atoms with Crippen molar-refractivity contribution in [2.45, 2.75) is 19.4 Å². The fraction of sp³-hybridized carbons (Fsp3) is 0.308. The van der Waals surface area contributed by atoms with E-state index in [1.165, 1.54) is 0 Å². The molecule has 0 aliphatic rings. The van der Waals surface area contributed by atoms with E-state index in [0.717, 1.165) is 12.1 Å². The number of nitriles is 1.